The summed E-state index contributed by atoms with van der Waals surface area (Å²) >= 11 is 1.70. The predicted molar refractivity (Wildman–Crippen MR) is 72.2 cm³/mol. The van der Waals surface area contributed by atoms with Gasteiger partial charge in [-0.25, -0.2) is 9.97 Å². The van der Waals surface area contributed by atoms with E-state index in [0.717, 1.165) is 28.8 Å². The van der Waals surface area contributed by atoms with Crippen molar-refractivity contribution < 1.29 is 0 Å². The minimum atomic E-state index is 0.843. The summed E-state index contributed by atoms with van der Waals surface area (Å²) in [6.07, 6.45) is 1.81. The average Bonchev–Trinajstić information content (AvgIpc) is 2.39. The highest BCUT2D eigenvalue weighted by Gasteiger charge is 1.99. The molecule has 0 aliphatic heterocycles. The first-order valence-electron chi connectivity index (χ1n) is 5.62. The summed E-state index contributed by atoms with van der Waals surface area (Å²) in [5.74, 6) is 1.78. The van der Waals surface area contributed by atoms with E-state index in [-0.39, 0.29) is 0 Å². The lowest BCUT2D eigenvalue weighted by molar-refractivity contribution is 1.10. The largest absolute Gasteiger partial charge is 0.370 e. The number of hydrogen-bond donors (Lipinski definition) is 1. The maximum absolute atomic E-state index is 4.52. The Hall–Kier alpha value is -1.55. The fraction of sp³-hybridized carbons (Fsp3) is 0.231. The second-order valence-electron chi connectivity index (χ2n) is 3.50. The van der Waals surface area contributed by atoms with Crippen LogP contribution in [0.25, 0.3) is 0 Å². The third-order valence-corrected chi connectivity index (χ3v) is 3.15. The molecule has 1 N–H and O–H groups in total. The first-order valence-corrected chi connectivity index (χ1v) is 6.60. The van der Waals surface area contributed by atoms with Gasteiger partial charge in [0.05, 0.1) is 10.7 Å². The Balaban J connectivity index is 1.97. The fourth-order valence-electron chi connectivity index (χ4n) is 1.42. The molecule has 17 heavy (non-hydrogen) atoms. The van der Waals surface area contributed by atoms with Crippen molar-refractivity contribution in [3.63, 3.8) is 0 Å². The molecule has 3 nitrogen and oxygen atoms in total. The molecule has 2 heterocycles. The number of anilines is 1. The number of pyridine rings is 2. The van der Waals surface area contributed by atoms with Gasteiger partial charge in [0, 0.05) is 18.5 Å². The summed E-state index contributed by atoms with van der Waals surface area (Å²) in [4.78, 5) is 8.79. The summed E-state index contributed by atoms with van der Waals surface area (Å²) in [7, 11) is 0. The van der Waals surface area contributed by atoms with E-state index in [2.05, 4.69) is 22.2 Å². The lowest BCUT2D eigenvalue weighted by Crippen LogP contribution is -2.00. The van der Waals surface area contributed by atoms with E-state index in [1.165, 1.54) is 0 Å². The van der Waals surface area contributed by atoms with Gasteiger partial charge in [0.15, 0.2) is 0 Å². The van der Waals surface area contributed by atoms with Gasteiger partial charge in [-0.3, -0.25) is 0 Å². The van der Waals surface area contributed by atoms with E-state index in [1.54, 1.807) is 11.8 Å². The molecular formula is C13H15N3S. The van der Waals surface area contributed by atoms with Crippen LogP contribution in [0.3, 0.4) is 0 Å². The molecule has 0 spiro atoms. The molecule has 0 bridgehead atoms. The van der Waals surface area contributed by atoms with Gasteiger partial charge in [0.25, 0.3) is 0 Å². The highest BCUT2D eigenvalue weighted by atomic mass is 32.2. The smallest absolute Gasteiger partial charge is 0.126 e. The van der Waals surface area contributed by atoms with Crippen LogP contribution in [0.4, 0.5) is 5.82 Å². The molecule has 0 saturated carbocycles. The number of rotatable bonds is 5. The Kier molecular flexibility index (Phi) is 4.38. The molecule has 4 heteroatoms. The van der Waals surface area contributed by atoms with Crippen LogP contribution in [0.1, 0.15) is 12.6 Å². The van der Waals surface area contributed by atoms with Gasteiger partial charge in [-0.2, -0.15) is 0 Å². The number of nitrogens with one attached hydrogen (secondary N) is 1. The van der Waals surface area contributed by atoms with Crippen LogP contribution in [0.2, 0.25) is 0 Å². The maximum Gasteiger partial charge on any atom is 0.126 e. The van der Waals surface area contributed by atoms with Gasteiger partial charge in [-0.05, 0) is 31.2 Å². The Morgan fingerprint density at radius 2 is 2.12 bits per heavy atom. The second-order valence-corrected chi connectivity index (χ2v) is 4.50. The first-order chi connectivity index (χ1) is 8.38. The summed E-state index contributed by atoms with van der Waals surface area (Å²) in [5, 5.41) is 4.24. The summed E-state index contributed by atoms with van der Waals surface area (Å²) in [6, 6.07) is 12.0. The molecule has 0 fully saturated rings. The third kappa shape index (κ3) is 3.75. The van der Waals surface area contributed by atoms with Crippen molar-refractivity contribution in [2.24, 2.45) is 0 Å². The van der Waals surface area contributed by atoms with Crippen LogP contribution in [0.5, 0.6) is 0 Å². The van der Waals surface area contributed by atoms with Crippen molar-refractivity contribution in [1.29, 1.82) is 0 Å². The molecule has 0 unspecified atom stereocenters. The van der Waals surface area contributed by atoms with Gasteiger partial charge in [0.2, 0.25) is 0 Å². The van der Waals surface area contributed by atoms with Crippen molar-refractivity contribution in [3.05, 3.63) is 48.3 Å². The number of thioether (sulfide) groups is 1. The number of nitrogens with zero attached hydrogens (tertiary/aromatic N) is 2. The molecule has 88 valence electrons. The summed E-state index contributed by atoms with van der Waals surface area (Å²) in [6.45, 7) is 2.96. The highest BCUT2D eigenvalue weighted by Crippen LogP contribution is 2.19. The van der Waals surface area contributed by atoms with E-state index < -0.39 is 0 Å². The van der Waals surface area contributed by atoms with Crippen molar-refractivity contribution in [1.82, 2.24) is 9.97 Å². The second kappa shape index (κ2) is 6.25. The van der Waals surface area contributed by atoms with Crippen molar-refractivity contribution in [2.75, 3.05) is 11.9 Å². The van der Waals surface area contributed by atoms with Gasteiger partial charge in [-0.1, -0.05) is 12.1 Å². The zero-order valence-corrected chi connectivity index (χ0v) is 10.6. The van der Waals surface area contributed by atoms with Crippen LogP contribution < -0.4 is 5.32 Å². The first kappa shape index (κ1) is 11.9. The van der Waals surface area contributed by atoms with Crippen molar-refractivity contribution in [2.45, 2.75) is 17.7 Å². The molecule has 2 aromatic heterocycles. The third-order valence-electron chi connectivity index (χ3n) is 2.17. The molecule has 2 aromatic rings. The number of aromatic nitrogens is 2. The molecular weight excluding hydrogens is 230 g/mol. The van der Waals surface area contributed by atoms with Crippen LogP contribution in [0, 0.1) is 0 Å². The van der Waals surface area contributed by atoms with Crippen LogP contribution in [0.15, 0.2) is 47.6 Å². The van der Waals surface area contributed by atoms with Crippen LogP contribution in [-0.4, -0.2) is 16.5 Å². The Morgan fingerprint density at radius 1 is 1.18 bits per heavy atom. The van der Waals surface area contributed by atoms with E-state index in [4.69, 9.17) is 0 Å². The Morgan fingerprint density at radius 3 is 2.88 bits per heavy atom. The van der Waals surface area contributed by atoms with Gasteiger partial charge in [0.1, 0.15) is 5.82 Å². The SMILES string of the molecule is CCNc1cccc(CSc2ccccn2)n1. The molecule has 0 aromatic carbocycles. The Labute approximate surface area is 106 Å². The zero-order chi connectivity index (χ0) is 11.9. The van der Waals surface area contributed by atoms with Gasteiger partial charge >= 0.3 is 0 Å². The lowest BCUT2D eigenvalue weighted by Gasteiger charge is -2.05. The molecule has 0 amide bonds. The normalized spacial score (nSPS) is 10.2. The molecule has 0 aliphatic carbocycles. The van der Waals surface area contributed by atoms with E-state index >= 15 is 0 Å². The minimum Gasteiger partial charge on any atom is -0.370 e. The van der Waals surface area contributed by atoms with Gasteiger partial charge in [-0.15, -0.1) is 11.8 Å². The Bertz CT molecular complexity index is 459. The molecule has 2 rings (SSSR count). The average molecular weight is 245 g/mol. The highest BCUT2D eigenvalue weighted by molar-refractivity contribution is 7.98. The quantitative estimate of drug-likeness (QED) is 0.821. The standard InChI is InChI=1S/C13H15N3S/c1-2-14-12-7-5-6-11(16-12)10-17-13-8-3-4-9-15-13/h3-9H,2,10H2,1H3,(H,14,16). The maximum atomic E-state index is 4.52. The summed E-state index contributed by atoms with van der Waals surface area (Å²) < 4.78 is 0. The van der Waals surface area contributed by atoms with Crippen molar-refractivity contribution >= 4 is 17.6 Å². The van der Waals surface area contributed by atoms with E-state index in [9.17, 15) is 0 Å². The van der Waals surface area contributed by atoms with Crippen LogP contribution >= 0.6 is 11.8 Å². The summed E-state index contributed by atoms with van der Waals surface area (Å²) in [5.41, 5.74) is 1.07. The fourth-order valence-corrected chi connectivity index (χ4v) is 2.19. The molecule has 0 atom stereocenters. The van der Waals surface area contributed by atoms with Crippen LogP contribution in [-0.2, 0) is 5.75 Å². The van der Waals surface area contributed by atoms with Gasteiger partial charge < -0.3 is 5.32 Å². The monoisotopic (exact) mass is 245 g/mol. The van der Waals surface area contributed by atoms with Crippen molar-refractivity contribution in [3.8, 4) is 0 Å². The predicted octanol–water partition coefficient (Wildman–Crippen LogP) is 3.20. The molecule has 0 radical (unpaired) electrons. The minimum absolute atomic E-state index is 0.843. The lowest BCUT2D eigenvalue weighted by atomic mass is 10.4. The number of hydrogen-bond acceptors (Lipinski definition) is 4. The topological polar surface area (TPSA) is 37.8 Å². The molecule has 0 saturated heterocycles. The van der Waals surface area contributed by atoms with E-state index in [0.29, 0.717) is 0 Å². The molecule has 0 aliphatic rings. The zero-order valence-electron chi connectivity index (χ0n) is 9.76. The van der Waals surface area contributed by atoms with E-state index in [1.807, 2.05) is 42.6 Å².